The van der Waals surface area contributed by atoms with Crippen LogP contribution in [0.3, 0.4) is 0 Å². The van der Waals surface area contributed by atoms with E-state index in [0.29, 0.717) is 17.9 Å². The molecule has 7 nitrogen and oxygen atoms in total. The second kappa shape index (κ2) is 4.86. The maximum absolute atomic E-state index is 11.2. The van der Waals surface area contributed by atoms with Gasteiger partial charge in [0.25, 0.3) is 5.56 Å². The van der Waals surface area contributed by atoms with Crippen molar-refractivity contribution in [2.24, 2.45) is 0 Å². The molecule has 104 valence electrons. The number of anilines is 2. The fraction of sp³-hybridized carbons (Fsp3) is 0.231. The van der Waals surface area contributed by atoms with Gasteiger partial charge in [-0.25, -0.2) is 4.98 Å². The minimum atomic E-state index is -0.452. The van der Waals surface area contributed by atoms with Gasteiger partial charge in [0.1, 0.15) is 5.75 Å². The summed E-state index contributed by atoms with van der Waals surface area (Å²) in [7, 11) is 0. The van der Waals surface area contributed by atoms with E-state index in [0.717, 1.165) is 18.7 Å². The van der Waals surface area contributed by atoms with Crippen molar-refractivity contribution >= 4 is 11.5 Å². The third-order valence-electron chi connectivity index (χ3n) is 3.11. The standard InChI is InChI=1S/C13H14N4O3/c14-12-13(19)15-7-10(16-12)9-6-8(2-3-11(9)18)17-4-1-5-20-17/h2-3,6-7,18H,1,4-5H2,(H2,14,16)(H,15,19). The molecule has 0 spiro atoms. The van der Waals surface area contributed by atoms with Crippen molar-refractivity contribution in [2.45, 2.75) is 6.42 Å². The molecule has 0 saturated carbocycles. The molecule has 4 N–H and O–H groups in total. The van der Waals surface area contributed by atoms with Gasteiger partial charge in [-0.05, 0) is 24.6 Å². The van der Waals surface area contributed by atoms with Gasteiger partial charge in [-0.2, -0.15) is 0 Å². The minimum Gasteiger partial charge on any atom is -0.507 e. The molecule has 1 aromatic heterocycles. The predicted molar refractivity (Wildman–Crippen MR) is 74.3 cm³/mol. The highest BCUT2D eigenvalue weighted by molar-refractivity contribution is 5.71. The number of aromatic amines is 1. The van der Waals surface area contributed by atoms with Crippen molar-refractivity contribution in [3.63, 3.8) is 0 Å². The van der Waals surface area contributed by atoms with Crippen molar-refractivity contribution in [3.05, 3.63) is 34.7 Å². The van der Waals surface area contributed by atoms with Crippen LogP contribution in [0.15, 0.2) is 29.2 Å². The number of hydroxylamine groups is 1. The van der Waals surface area contributed by atoms with Gasteiger partial charge in [-0.1, -0.05) is 0 Å². The molecule has 0 radical (unpaired) electrons. The number of benzene rings is 1. The number of rotatable bonds is 2. The smallest absolute Gasteiger partial charge is 0.290 e. The largest absolute Gasteiger partial charge is 0.507 e. The van der Waals surface area contributed by atoms with E-state index in [9.17, 15) is 9.90 Å². The van der Waals surface area contributed by atoms with Gasteiger partial charge in [0.2, 0.25) is 0 Å². The van der Waals surface area contributed by atoms with E-state index in [4.69, 9.17) is 10.6 Å². The maximum atomic E-state index is 11.2. The number of hydrogen-bond donors (Lipinski definition) is 3. The van der Waals surface area contributed by atoms with Gasteiger partial charge in [0.05, 0.1) is 18.0 Å². The van der Waals surface area contributed by atoms with E-state index in [1.807, 2.05) is 0 Å². The number of phenols is 1. The van der Waals surface area contributed by atoms with Crippen LogP contribution in [0, 0.1) is 0 Å². The lowest BCUT2D eigenvalue weighted by molar-refractivity contribution is 0.168. The Hall–Kier alpha value is -2.54. The van der Waals surface area contributed by atoms with E-state index in [1.54, 1.807) is 23.3 Å². The summed E-state index contributed by atoms with van der Waals surface area (Å²) in [6.45, 7) is 1.48. The first-order valence-corrected chi connectivity index (χ1v) is 6.24. The Balaban J connectivity index is 2.05. The predicted octanol–water partition coefficient (Wildman–Crippen LogP) is 0.866. The van der Waals surface area contributed by atoms with Crippen LogP contribution in [-0.2, 0) is 4.84 Å². The van der Waals surface area contributed by atoms with E-state index in [1.165, 1.54) is 6.20 Å². The Bertz CT molecular complexity index is 692. The van der Waals surface area contributed by atoms with Crippen LogP contribution in [0.25, 0.3) is 11.3 Å². The second-order valence-corrected chi connectivity index (χ2v) is 4.49. The van der Waals surface area contributed by atoms with Crippen LogP contribution in [0.2, 0.25) is 0 Å². The summed E-state index contributed by atoms with van der Waals surface area (Å²) in [5.41, 5.74) is 6.76. The van der Waals surface area contributed by atoms with Crippen molar-refractivity contribution in [1.82, 2.24) is 9.97 Å². The highest BCUT2D eigenvalue weighted by Gasteiger charge is 2.16. The van der Waals surface area contributed by atoms with Crippen LogP contribution < -0.4 is 16.4 Å². The summed E-state index contributed by atoms with van der Waals surface area (Å²) in [5, 5.41) is 11.7. The van der Waals surface area contributed by atoms with Crippen molar-refractivity contribution in [1.29, 1.82) is 0 Å². The lowest BCUT2D eigenvalue weighted by Crippen LogP contribution is -2.16. The molecule has 0 atom stereocenters. The third kappa shape index (κ3) is 2.19. The van der Waals surface area contributed by atoms with Crippen LogP contribution in [0.1, 0.15) is 6.42 Å². The summed E-state index contributed by atoms with van der Waals surface area (Å²) < 4.78 is 0. The first kappa shape index (κ1) is 12.5. The maximum Gasteiger partial charge on any atom is 0.290 e. The molecular formula is C13H14N4O3. The molecule has 20 heavy (non-hydrogen) atoms. The molecular weight excluding hydrogens is 260 g/mol. The summed E-state index contributed by atoms with van der Waals surface area (Å²) >= 11 is 0. The Morgan fingerprint density at radius 3 is 3.00 bits per heavy atom. The Labute approximate surface area is 114 Å². The summed E-state index contributed by atoms with van der Waals surface area (Å²) in [6, 6.07) is 5.08. The van der Waals surface area contributed by atoms with Crippen LogP contribution in [-0.4, -0.2) is 28.2 Å². The highest BCUT2D eigenvalue weighted by Crippen LogP contribution is 2.32. The Kier molecular flexibility index (Phi) is 3.03. The number of hydrogen-bond acceptors (Lipinski definition) is 6. The average Bonchev–Trinajstić information content (AvgIpc) is 2.97. The third-order valence-corrected chi connectivity index (χ3v) is 3.11. The second-order valence-electron chi connectivity index (χ2n) is 4.49. The summed E-state index contributed by atoms with van der Waals surface area (Å²) in [6.07, 6.45) is 2.38. The molecule has 0 bridgehead atoms. The van der Waals surface area contributed by atoms with Crippen LogP contribution in [0.4, 0.5) is 11.5 Å². The van der Waals surface area contributed by atoms with Gasteiger partial charge >= 0.3 is 0 Å². The molecule has 0 aliphatic carbocycles. The molecule has 3 rings (SSSR count). The topological polar surface area (TPSA) is 104 Å². The lowest BCUT2D eigenvalue weighted by Gasteiger charge is -2.17. The van der Waals surface area contributed by atoms with Gasteiger partial charge in [0.15, 0.2) is 5.82 Å². The monoisotopic (exact) mass is 274 g/mol. The average molecular weight is 274 g/mol. The fourth-order valence-electron chi connectivity index (χ4n) is 2.09. The molecule has 2 heterocycles. The molecule has 1 aliphatic heterocycles. The minimum absolute atomic E-state index is 0.0619. The summed E-state index contributed by atoms with van der Waals surface area (Å²) in [5.74, 6) is -0.0726. The van der Waals surface area contributed by atoms with Crippen molar-refractivity contribution in [2.75, 3.05) is 23.9 Å². The van der Waals surface area contributed by atoms with Crippen LogP contribution >= 0.6 is 0 Å². The number of nitrogens with zero attached hydrogens (tertiary/aromatic N) is 2. The van der Waals surface area contributed by atoms with E-state index in [2.05, 4.69) is 9.97 Å². The number of nitrogens with two attached hydrogens (primary N) is 1. The van der Waals surface area contributed by atoms with Gasteiger partial charge in [0, 0.05) is 18.3 Å². The SMILES string of the molecule is Nc1nc(-c2cc(N3CCCO3)ccc2O)c[nH]c1=O. The van der Waals surface area contributed by atoms with E-state index >= 15 is 0 Å². The summed E-state index contributed by atoms with van der Waals surface area (Å²) in [4.78, 5) is 23.2. The van der Waals surface area contributed by atoms with Gasteiger partial charge in [-0.15, -0.1) is 0 Å². The molecule has 1 fully saturated rings. The molecule has 0 unspecified atom stereocenters. The van der Waals surface area contributed by atoms with E-state index < -0.39 is 5.56 Å². The van der Waals surface area contributed by atoms with Crippen molar-refractivity contribution in [3.8, 4) is 17.0 Å². The zero-order valence-corrected chi connectivity index (χ0v) is 10.7. The van der Waals surface area contributed by atoms with E-state index in [-0.39, 0.29) is 11.6 Å². The molecule has 1 saturated heterocycles. The Morgan fingerprint density at radius 2 is 2.30 bits per heavy atom. The number of aromatic nitrogens is 2. The lowest BCUT2D eigenvalue weighted by atomic mass is 10.1. The van der Waals surface area contributed by atoms with Gasteiger partial charge < -0.3 is 15.8 Å². The molecule has 2 aromatic rings. The number of nitrogens with one attached hydrogen (secondary N) is 1. The quantitative estimate of drug-likeness (QED) is 0.750. The zero-order valence-electron chi connectivity index (χ0n) is 10.7. The first-order valence-electron chi connectivity index (χ1n) is 6.24. The van der Waals surface area contributed by atoms with Crippen LogP contribution in [0.5, 0.6) is 5.75 Å². The zero-order chi connectivity index (χ0) is 14.1. The highest BCUT2D eigenvalue weighted by atomic mass is 16.7. The number of aromatic hydroxyl groups is 1. The molecule has 1 aromatic carbocycles. The number of H-pyrrole nitrogens is 1. The number of nitrogen functional groups attached to an aromatic ring is 1. The normalized spacial score (nSPS) is 14.7. The van der Waals surface area contributed by atoms with Crippen molar-refractivity contribution < 1.29 is 9.94 Å². The fourth-order valence-corrected chi connectivity index (χ4v) is 2.09. The molecule has 0 amide bonds. The molecule has 7 heteroatoms. The molecule has 1 aliphatic rings. The van der Waals surface area contributed by atoms with Gasteiger partial charge in [-0.3, -0.25) is 14.7 Å². The Morgan fingerprint density at radius 1 is 1.45 bits per heavy atom. The first-order chi connectivity index (χ1) is 9.65. The number of phenolic OH excluding ortho intramolecular Hbond substituents is 1.